The van der Waals surface area contributed by atoms with Crippen LogP contribution in [0.5, 0.6) is 0 Å². The molecule has 0 fully saturated rings. The second-order valence-electron chi connectivity index (χ2n) is 7.26. The molecule has 1 aliphatic rings. The lowest BCUT2D eigenvalue weighted by Crippen LogP contribution is -2.52. The summed E-state index contributed by atoms with van der Waals surface area (Å²) < 4.78 is 10.3. The molecule has 0 saturated carbocycles. The Balaban J connectivity index is 2.18. The van der Waals surface area contributed by atoms with E-state index in [1.165, 1.54) is 7.11 Å². The van der Waals surface area contributed by atoms with Gasteiger partial charge >= 0.3 is 12.1 Å². The molecule has 6 heteroatoms. The summed E-state index contributed by atoms with van der Waals surface area (Å²) in [6.45, 7) is 7.66. The third kappa shape index (κ3) is 3.68. The number of nitrogens with zero attached hydrogens (tertiary/aromatic N) is 1. The normalized spacial score (nSPS) is 20.6. The van der Waals surface area contributed by atoms with Crippen LogP contribution in [0.3, 0.4) is 0 Å². The first-order valence-corrected chi connectivity index (χ1v) is 8.60. The van der Waals surface area contributed by atoms with Gasteiger partial charge in [-0.2, -0.15) is 0 Å². The number of likely N-dealkylation sites (N-methyl/N-ethyl adjacent to an activating group) is 1. The van der Waals surface area contributed by atoms with E-state index in [1.54, 1.807) is 23.3 Å². The van der Waals surface area contributed by atoms with Gasteiger partial charge in [-0.3, -0.25) is 0 Å². The fourth-order valence-electron chi connectivity index (χ4n) is 2.79. The first kappa shape index (κ1) is 17.8. The zero-order valence-electron chi connectivity index (χ0n) is 14.7. The highest BCUT2D eigenvalue weighted by molar-refractivity contribution is 7.10. The number of methoxy groups -OCH3 is 1. The van der Waals surface area contributed by atoms with Gasteiger partial charge in [0.15, 0.2) is 0 Å². The van der Waals surface area contributed by atoms with E-state index in [-0.39, 0.29) is 17.6 Å². The molecule has 0 N–H and O–H groups in total. The van der Waals surface area contributed by atoms with Crippen molar-refractivity contribution < 1.29 is 19.1 Å². The highest BCUT2D eigenvalue weighted by Gasteiger charge is 2.39. The molecule has 5 nitrogen and oxygen atoms in total. The molecule has 0 spiro atoms. The van der Waals surface area contributed by atoms with Gasteiger partial charge in [-0.25, -0.2) is 9.59 Å². The fraction of sp³-hybridized carbons (Fsp3) is 0.647. The molecule has 1 unspecified atom stereocenters. The predicted octanol–water partition coefficient (Wildman–Crippen LogP) is 3.65. The van der Waals surface area contributed by atoms with Gasteiger partial charge in [0.05, 0.1) is 12.7 Å². The molecule has 1 atom stereocenters. The minimum atomic E-state index is -0.511. The van der Waals surface area contributed by atoms with E-state index in [2.05, 4.69) is 6.92 Å². The van der Waals surface area contributed by atoms with Crippen LogP contribution in [0.4, 0.5) is 4.79 Å². The Kier molecular flexibility index (Phi) is 4.76. The van der Waals surface area contributed by atoms with E-state index in [0.29, 0.717) is 5.56 Å². The molecule has 0 aliphatic heterocycles. The molecule has 1 aromatic heterocycles. The topological polar surface area (TPSA) is 55.8 Å². The minimum Gasteiger partial charge on any atom is -0.465 e. The standard InChI is InChI=1S/C17H25NO4S/c1-16(2,3)22-15(20)18(5)17(4)8-7-11-12(14(19)21-6)10-23-13(11)9-17/h10H,7-9H2,1-6H3. The number of fused-ring (bicyclic) bond motifs is 1. The molecule has 128 valence electrons. The summed E-state index contributed by atoms with van der Waals surface area (Å²) >= 11 is 1.56. The van der Waals surface area contributed by atoms with Gasteiger partial charge in [-0.1, -0.05) is 0 Å². The van der Waals surface area contributed by atoms with Crippen molar-refractivity contribution in [1.29, 1.82) is 0 Å². The van der Waals surface area contributed by atoms with E-state index in [4.69, 9.17) is 9.47 Å². The monoisotopic (exact) mass is 339 g/mol. The molecule has 0 aromatic carbocycles. The van der Waals surface area contributed by atoms with Crippen LogP contribution in [0.15, 0.2) is 5.38 Å². The van der Waals surface area contributed by atoms with Crippen molar-refractivity contribution in [3.8, 4) is 0 Å². The molecule has 1 heterocycles. The van der Waals surface area contributed by atoms with Crippen LogP contribution >= 0.6 is 11.3 Å². The van der Waals surface area contributed by atoms with Gasteiger partial charge in [0.1, 0.15) is 5.60 Å². The molecule has 1 amide bonds. The lowest BCUT2D eigenvalue weighted by Gasteiger charge is -2.42. The van der Waals surface area contributed by atoms with Crippen LogP contribution in [0.1, 0.15) is 54.9 Å². The number of carbonyl (C=O) groups excluding carboxylic acids is 2. The molecule has 0 radical (unpaired) electrons. The maximum Gasteiger partial charge on any atom is 0.410 e. The quantitative estimate of drug-likeness (QED) is 0.772. The third-order valence-corrected chi connectivity index (χ3v) is 5.35. The smallest absolute Gasteiger partial charge is 0.410 e. The number of amides is 1. The zero-order valence-corrected chi connectivity index (χ0v) is 15.5. The summed E-state index contributed by atoms with van der Waals surface area (Å²) in [5.41, 5.74) is 0.905. The maximum absolute atomic E-state index is 12.4. The number of thiophene rings is 1. The van der Waals surface area contributed by atoms with Crippen molar-refractivity contribution in [2.75, 3.05) is 14.2 Å². The molecule has 0 saturated heterocycles. The third-order valence-electron chi connectivity index (χ3n) is 4.32. The fourth-order valence-corrected chi connectivity index (χ4v) is 4.04. The Morgan fingerprint density at radius 1 is 1.35 bits per heavy atom. The van der Waals surface area contributed by atoms with Crippen LogP contribution in [-0.4, -0.2) is 42.3 Å². The summed E-state index contributed by atoms with van der Waals surface area (Å²) in [6.07, 6.45) is 1.96. The van der Waals surface area contributed by atoms with Gasteiger partial charge in [-0.15, -0.1) is 11.3 Å². The van der Waals surface area contributed by atoms with Gasteiger partial charge in [0, 0.05) is 29.3 Å². The van der Waals surface area contributed by atoms with Crippen molar-refractivity contribution in [2.24, 2.45) is 0 Å². The molecule has 1 aliphatic carbocycles. The van der Waals surface area contributed by atoms with E-state index in [1.807, 2.05) is 26.2 Å². The SMILES string of the molecule is COC(=O)c1csc2c1CCC(C)(N(C)C(=O)OC(C)(C)C)C2. The van der Waals surface area contributed by atoms with E-state index >= 15 is 0 Å². The first-order valence-electron chi connectivity index (χ1n) is 7.72. The van der Waals surface area contributed by atoms with Crippen LogP contribution < -0.4 is 0 Å². The second-order valence-corrected chi connectivity index (χ2v) is 8.22. The summed E-state index contributed by atoms with van der Waals surface area (Å²) in [5, 5.41) is 1.86. The average molecular weight is 339 g/mol. The molecule has 0 bridgehead atoms. The van der Waals surface area contributed by atoms with Crippen LogP contribution in [0, 0.1) is 0 Å². The second kappa shape index (κ2) is 6.15. The number of hydrogen-bond donors (Lipinski definition) is 0. The van der Waals surface area contributed by atoms with Crippen LogP contribution in [0.25, 0.3) is 0 Å². The predicted molar refractivity (Wildman–Crippen MR) is 90.1 cm³/mol. The lowest BCUT2D eigenvalue weighted by molar-refractivity contribution is 0.00561. The van der Waals surface area contributed by atoms with Gasteiger partial charge in [0.2, 0.25) is 0 Å². The maximum atomic E-state index is 12.4. The summed E-state index contributed by atoms with van der Waals surface area (Å²) in [6, 6.07) is 0. The molecular weight excluding hydrogens is 314 g/mol. The number of hydrogen-bond acceptors (Lipinski definition) is 5. The lowest BCUT2D eigenvalue weighted by atomic mass is 9.81. The molecule has 23 heavy (non-hydrogen) atoms. The molecule has 2 rings (SSSR count). The summed E-state index contributed by atoms with van der Waals surface area (Å²) in [4.78, 5) is 27.0. The van der Waals surface area contributed by atoms with Crippen molar-refractivity contribution in [2.45, 2.75) is 58.1 Å². The van der Waals surface area contributed by atoms with Crippen LogP contribution in [-0.2, 0) is 22.3 Å². The van der Waals surface area contributed by atoms with Gasteiger partial charge < -0.3 is 14.4 Å². The number of rotatable bonds is 2. The van der Waals surface area contributed by atoms with Crippen molar-refractivity contribution in [3.05, 3.63) is 21.4 Å². The van der Waals surface area contributed by atoms with E-state index < -0.39 is 5.60 Å². The van der Waals surface area contributed by atoms with Crippen molar-refractivity contribution in [1.82, 2.24) is 4.90 Å². The Labute approximate surface area is 141 Å². The minimum absolute atomic E-state index is 0.286. The first-order chi connectivity index (χ1) is 10.6. The Morgan fingerprint density at radius 2 is 2.00 bits per heavy atom. The van der Waals surface area contributed by atoms with Gasteiger partial charge in [0.25, 0.3) is 0 Å². The Bertz CT molecular complexity index is 617. The number of ether oxygens (including phenoxy) is 2. The van der Waals surface area contributed by atoms with Crippen molar-refractivity contribution in [3.63, 3.8) is 0 Å². The Morgan fingerprint density at radius 3 is 2.57 bits per heavy atom. The van der Waals surface area contributed by atoms with E-state index in [9.17, 15) is 9.59 Å². The average Bonchev–Trinajstić information content (AvgIpc) is 2.86. The Hall–Kier alpha value is -1.56. The zero-order chi connectivity index (χ0) is 17.4. The van der Waals surface area contributed by atoms with Gasteiger partial charge in [-0.05, 0) is 46.1 Å². The largest absolute Gasteiger partial charge is 0.465 e. The highest BCUT2D eigenvalue weighted by atomic mass is 32.1. The van der Waals surface area contributed by atoms with Crippen LogP contribution in [0.2, 0.25) is 0 Å². The number of carbonyl (C=O) groups is 2. The summed E-state index contributed by atoms with van der Waals surface area (Å²) in [5.74, 6) is -0.286. The van der Waals surface area contributed by atoms with Crippen molar-refractivity contribution >= 4 is 23.4 Å². The highest BCUT2D eigenvalue weighted by Crippen LogP contribution is 2.38. The van der Waals surface area contributed by atoms with E-state index in [0.717, 1.165) is 29.7 Å². The summed E-state index contributed by atoms with van der Waals surface area (Å²) in [7, 11) is 3.18. The molecule has 1 aromatic rings. The number of esters is 1. The molecular formula is C17H25NO4S.